The Bertz CT molecular complexity index is 856. The molecule has 0 aromatic heterocycles. The SMILES string of the molecule is C=CC(=O)OCOC(=O)COC(=O)Oc1ccc(C(=O)c2ccccc2)cc1. The van der Waals surface area contributed by atoms with Gasteiger partial charge in [-0.3, -0.25) is 4.79 Å². The zero-order chi connectivity index (χ0) is 20.4. The van der Waals surface area contributed by atoms with Gasteiger partial charge in [0.05, 0.1) is 0 Å². The first-order valence-electron chi connectivity index (χ1n) is 7.99. The molecule has 0 saturated heterocycles. The van der Waals surface area contributed by atoms with Crippen LogP contribution in [0.3, 0.4) is 0 Å². The number of hydrogen-bond acceptors (Lipinski definition) is 8. The number of ether oxygens (including phenoxy) is 4. The molecule has 0 spiro atoms. The quantitative estimate of drug-likeness (QED) is 0.225. The van der Waals surface area contributed by atoms with Gasteiger partial charge >= 0.3 is 18.1 Å². The zero-order valence-corrected chi connectivity index (χ0v) is 14.7. The van der Waals surface area contributed by atoms with Crippen molar-refractivity contribution >= 4 is 23.9 Å². The third-order valence-electron chi connectivity index (χ3n) is 3.25. The van der Waals surface area contributed by atoms with E-state index >= 15 is 0 Å². The summed E-state index contributed by atoms with van der Waals surface area (Å²) < 4.78 is 18.4. The highest BCUT2D eigenvalue weighted by Crippen LogP contribution is 2.16. The van der Waals surface area contributed by atoms with Gasteiger partial charge in [-0.2, -0.15) is 0 Å². The van der Waals surface area contributed by atoms with Gasteiger partial charge < -0.3 is 18.9 Å². The van der Waals surface area contributed by atoms with Gasteiger partial charge in [-0.05, 0) is 24.3 Å². The average molecular weight is 384 g/mol. The number of benzene rings is 2. The third-order valence-corrected chi connectivity index (χ3v) is 3.25. The van der Waals surface area contributed by atoms with E-state index in [-0.39, 0.29) is 11.5 Å². The van der Waals surface area contributed by atoms with Crippen molar-refractivity contribution in [1.82, 2.24) is 0 Å². The van der Waals surface area contributed by atoms with E-state index in [1.165, 1.54) is 24.3 Å². The molecule has 0 bridgehead atoms. The van der Waals surface area contributed by atoms with Gasteiger partial charge in [0.15, 0.2) is 12.4 Å². The average Bonchev–Trinajstić information content (AvgIpc) is 2.72. The van der Waals surface area contributed by atoms with Crippen LogP contribution in [0.5, 0.6) is 5.75 Å². The molecule has 0 aliphatic rings. The first-order chi connectivity index (χ1) is 13.5. The Labute approximate surface area is 160 Å². The molecule has 0 fully saturated rings. The molecule has 8 nitrogen and oxygen atoms in total. The number of esters is 2. The molecule has 8 heteroatoms. The molecule has 2 rings (SSSR count). The lowest BCUT2D eigenvalue weighted by Gasteiger charge is -2.07. The van der Waals surface area contributed by atoms with Crippen LogP contribution in [0.1, 0.15) is 15.9 Å². The van der Waals surface area contributed by atoms with E-state index in [1.54, 1.807) is 24.3 Å². The van der Waals surface area contributed by atoms with Gasteiger partial charge in [-0.1, -0.05) is 36.9 Å². The molecule has 0 amide bonds. The van der Waals surface area contributed by atoms with Crippen molar-refractivity contribution in [3.8, 4) is 5.75 Å². The zero-order valence-electron chi connectivity index (χ0n) is 14.7. The van der Waals surface area contributed by atoms with Crippen molar-refractivity contribution in [3.63, 3.8) is 0 Å². The van der Waals surface area contributed by atoms with Crippen molar-refractivity contribution in [2.75, 3.05) is 13.4 Å². The number of ketones is 1. The van der Waals surface area contributed by atoms with Crippen LogP contribution < -0.4 is 4.74 Å². The maximum absolute atomic E-state index is 12.3. The molecule has 0 radical (unpaired) electrons. The Hall–Kier alpha value is -3.94. The molecule has 2 aromatic carbocycles. The fraction of sp³-hybridized carbons (Fsp3) is 0.100. The molecule has 0 atom stereocenters. The highest BCUT2D eigenvalue weighted by Gasteiger charge is 2.13. The van der Waals surface area contributed by atoms with Gasteiger partial charge in [0, 0.05) is 17.2 Å². The Morgan fingerprint density at radius 2 is 1.46 bits per heavy atom. The summed E-state index contributed by atoms with van der Waals surface area (Å²) in [5.41, 5.74) is 0.956. The van der Waals surface area contributed by atoms with Crippen LogP contribution in [-0.2, 0) is 23.8 Å². The van der Waals surface area contributed by atoms with E-state index in [1.807, 2.05) is 6.07 Å². The smallest absolute Gasteiger partial charge is 0.425 e. The van der Waals surface area contributed by atoms with Crippen LogP contribution in [0, 0.1) is 0 Å². The minimum absolute atomic E-state index is 0.128. The lowest BCUT2D eigenvalue weighted by atomic mass is 10.0. The van der Waals surface area contributed by atoms with Crippen LogP contribution in [0.15, 0.2) is 67.3 Å². The maximum Gasteiger partial charge on any atom is 0.514 e. The number of carbonyl (C=O) groups excluding carboxylic acids is 4. The normalized spacial score (nSPS) is 9.71. The molecule has 28 heavy (non-hydrogen) atoms. The Morgan fingerprint density at radius 1 is 0.821 bits per heavy atom. The second-order valence-corrected chi connectivity index (χ2v) is 5.16. The highest BCUT2D eigenvalue weighted by molar-refractivity contribution is 6.09. The van der Waals surface area contributed by atoms with Crippen LogP contribution >= 0.6 is 0 Å². The van der Waals surface area contributed by atoms with E-state index in [0.717, 1.165) is 6.08 Å². The number of rotatable bonds is 8. The molecule has 0 unspecified atom stereocenters. The minimum atomic E-state index is -1.14. The second kappa shape index (κ2) is 10.3. The molecule has 0 saturated carbocycles. The van der Waals surface area contributed by atoms with Crippen LogP contribution in [-0.4, -0.2) is 37.3 Å². The van der Waals surface area contributed by atoms with Crippen LogP contribution in [0.25, 0.3) is 0 Å². The first kappa shape index (κ1) is 20.4. The molecule has 0 N–H and O–H groups in total. The van der Waals surface area contributed by atoms with Crippen LogP contribution in [0.4, 0.5) is 4.79 Å². The standard InChI is InChI=1S/C20H16O8/c1-2-17(21)26-13-27-18(22)12-25-20(24)28-16-10-8-15(9-11-16)19(23)14-6-4-3-5-7-14/h2-11H,1,12-13H2. The fourth-order valence-corrected chi connectivity index (χ4v) is 1.93. The summed E-state index contributed by atoms with van der Waals surface area (Å²) in [7, 11) is 0. The van der Waals surface area contributed by atoms with E-state index < -0.39 is 31.5 Å². The third kappa shape index (κ3) is 6.41. The molecule has 0 aliphatic heterocycles. The largest absolute Gasteiger partial charge is 0.514 e. The lowest BCUT2D eigenvalue weighted by molar-refractivity contribution is -0.166. The van der Waals surface area contributed by atoms with Crippen molar-refractivity contribution < 1.29 is 38.1 Å². The van der Waals surface area contributed by atoms with Crippen molar-refractivity contribution in [2.24, 2.45) is 0 Å². The molecular weight excluding hydrogens is 368 g/mol. The van der Waals surface area contributed by atoms with Crippen LogP contribution in [0.2, 0.25) is 0 Å². The van der Waals surface area contributed by atoms with Gasteiger partial charge in [0.2, 0.25) is 6.79 Å². The fourth-order valence-electron chi connectivity index (χ4n) is 1.93. The molecular formula is C20H16O8. The topological polar surface area (TPSA) is 105 Å². The number of carbonyl (C=O) groups is 4. The lowest BCUT2D eigenvalue weighted by Crippen LogP contribution is -2.20. The first-order valence-corrected chi connectivity index (χ1v) is 7.99. The van der Waals surface area contributed by atoms with Gasteiger partial charge in [-0.15, -0.1) is 0 Å². The summed E-state index contributed by atoms with van der Waals surface area (Å²) in [4.78, 5) is 45.9. The predicted octanol–water partition coefficient (Wildman–Crippen LogP) is 2.66. The van der Waals surface area contributed by atoms with E-state index in [9.17, 15) is 19.2 Å². The monoisotopic (exact) mass is 384 g/mol. The van der Waals surface area contributed by atoms with Crippen molar-refractivity contribution in [2.45, 2.75) is 0 Å². The van der Waals surface area contributed by atoms with E-state index in [0.29, 0.717) is 11.1 Å². The molecule has 0 aliphatic carbocycles. The second-order valence-electron chi connectivity index (χ2n) is 5.16. The summed E-state index contributed by atoms with van der Waals surface area (Å²) in [6.45, 7) is 1.82. The molecule has 144 valence electrons. The maximum atomic E-state index is 12.3. The summed E-state index contributed by atoms with van der Waals surface area (Å²) in [5, 5.41) is 0. The summed E-state index contributed by atoms with van der Waals surface area (Å²) in [5.74, 6) is -1.74. The predicted molar refractivity (Wildman–Crippen MR) is 95.5 cm³/mol. The number of hydrogen-bond donors (Lipinski definition) is 0. The highest BCUT2D eigenvalue weighted by atomic mass is 16.7. The summed E-state index contributed by atoms with van der Waals surface area (Å²) >= 11 is 0. The van der Waals surface area contributed by atoms with E-state index in [2.05, 4.69) is 20.8 Å². The Balaban J connectivity index is 1.78. The molecule has 2 aromatic rings. The minimum Gasteiger partial charge on any atom is -0.425 e. The van der Waals surface area contributed by atoms with Gasteiger partial charge in [0.25, 0.3) is 0 Å². The van der Waals surface area contributed by atoms with E-state index in [4.69, 9.17) is 4.74 Å². The summed E-state index contributed by atoms with van der Waals surface area (Å²) in [6.07, 6.45) is -0.234. The van der Waals surface area contributed by atoms with Gasteiger partial charge in [-0.25, -0.2) is 14.4 Å². The van der Waals surface area contributed by atoms with Gasteiger partial charge in [0.1, 0.15) is 5.75 Å². The Kier molecular flexibility index (Phi) is 7.47. The summed E-state index contributed by atoms with van der Waals surface area (Å²) in [6, 6.07) is 14.6. The van der Waals surface area contributed by atoms with Crippen molar-refractivity contribution in [3.05, 3.63) is 78.4 Å². The van der Waals surface area contributed by atoms with Crippen molar-refractivity contribution in [1.29, 1.82) is 0 Å². The Morgan fingerprint density at radius 3 is 2.11 bits per heavy atom. The molecule has 0 heterocycles.